The van der Waals surface area contributed by atoms with Crippen molar-refractivity contribution in [2.24, 2.45) is 5.92 Å². The lowest BCUT2D eigenvalue weighted by atomic mass is 9.90. The van der Waals surface area contributed by atoms with Gasteiger partial charge in [-0.1, -0.05) is 6.42 Å². The molecule has 2 aliphatic carbocycles. The quantitative estimate of drug-likeness (QED) is 0.783. The first-order chi connectivity index (χ1) is 9.58. The van der Waals surface area contributed by atoms with Crippen LogP contribution < -0.4 is 5.32 Å². The fourth-order valence-electron chi connectivity index (χ4n) is 4.12. The van der Waals surface area contributed by atoms with Crippen molar-refractivity contribution in [3.63, 3.8) is 0 Å². The molecule has 0 bridgehead atoms. The Balaban J connectivity index is 1.57. The molecule has 0 aromatic rings. The van der Waals surface area contributed by atoms with E-state index in [4.69, 9.17) is 0 Å². The topological polar surface area (TPSA) is 52.6 Å². The van der Waals surface area contributed by atoms with Crippen molar-refractivity contribution >= 4 is 5.97 Å². The van der Waals surface area contributed by atoms with Gasteiger partial charge in [-0.25, -0.2) is 0 Å². The zero-order valence-corrected chi connectivity index (χ0v) is 12.6. The van der Waals surface area contributed by atoms with Crippen LogP contribution in [0.1, 0.15) is 58.3 Å². The van der Waals surface area contributed by atoms with Crippen LogP contribution in [0.3, 0.4) is 0 Å². The van der Waals surface area contributed by atoms with Crippen LogP contribution in [0.2, 0.25) is 0 Å². The molecular weight excluding hydrogens is 252 g/mol. The van der Waals surface area contributed by atoms with Crippen LogP contribution in [0, 0.1) is 5.92 Å². The minimum atomic E-state index is -0.743. The van der Waals surface area contributed by atoms with Crippen molar-refractivity contribution in [1.29, 1.82) is 0 Å². The molecule has 2 N–H and O–H groups in total. The third-order valence-electron chi connectivity index (χ3n) is 5.58. The van der Waals surface area contributed by atoms with Crippen LogP contribution in [0.25, 0.3) is 0 Å². The molecule has 2 saturated carbocycles. The van der Waals surface area contributed by atoms with Crippen molar-refractivity contribution in [2.45, 2.75) is 75.9 Å². The maximum Gasteiger partial charge on any atom is 0.323 e. The van der Waals surface area contributed by atoms with Gasteiger partial charge >= 0.3 is 5.97 Å². The molecule has 4 heteroatoms. The van der Waals surface area contributed by atoms with Gasteiger partial charge in [0.25, 0.3) is 0 Å². The maximum absolute atomic E-state index is 11.6. The molecule has 3 rings (SSSR count). The SMILES string of the molecule is CC(CCN1CCCC2CCCC21)(NC1CC1)C(=O)O. The fraction of sp³-hybridized carbons (Fsp3) is 0.938. The molecule has 3 fully saturated rings. The van der Waals surface area contributed by atoms with Crippen molar-refractivity contribution in [3.8, 4) is 0 Å². The van der Waals surface area contributed by atoms with Gasteiger partial charge in [0.05, 0.1) is 0 Å². The second-order valence-corrected chi connectivity index (χ2v) is 7.24. The van der Waals surface area contributed by atoms with Gasteiger partial charge in [0.2, 0.25) is 0 Å². The fourth-order valence-corrected chi connectivity index (χ4v) is 4.12. The van der Waals surface area contributed by atoms with E-state index in [0.29, 0.717) is 6.04 Å². The molecule has 0 spiro atoms. The number of likely N-dealkylation sites (tertiary alicyclic amines) is 1. The van der Waals surface area contributed by atoms with E-state index in [-0.39, 0.29) is 0 Å². The summed E-state index contributed by atoms with van der Waals surface area (Å²) in [5.41, 5.74) is -0.743. The van der Waals surface area contributed by atoms with Crippen LogP contribution in [-0.2, 0) is 4.79 Å². The lowest BCUT2D eigenvalue weighted by molar-refractivity contribution is -0.144. The molecular formula is C16H28N2O2. The van der Waals surface area contributed by atoms with E-state index < -0.39 is 11.5 Å². The average Bonchev–Trinajstić information content (AvgIpc) is 3.09. The number of fused-ring (bicyclic) bond motifs is 1. The Hall–Kier alpha value is -0.610. The molecule has 4 nitrogen and oxygen atoms in total. The molecule has 3 unspecified atom stereocenters. The Morgan fingerprint density at radius 2 is 2.00 bits per heavy atom. The van der Waals surface area contributed by atoms with E-state index in [2.05, 4.69) is 10.2 Å². The summed E-state index contributed by atoms with van der Waals surface area (Å²) >= 11 is 0. The Morgan fingerprint density at radius 3 is 2.70 bits per heavy atom. The molecule has 3 atom stereocenters. The van der Waals surface area contributed by atoms with Crippen LogP contribution in [-0.4, -0.2) is 46.7 Å². The number of nitrogens with one attached hydrogen (secondary N) is 1. The molecule has 0 amide bonds. The van der Waals surface area contributed by atoms with Crippen molar-refractivity contribution in [1.82, 2.24) is 10.2 Å². The first kappa shape index (κ1) is 14.3. The van der Waals surface area contributed by atoms with E-state index in [9.17, 15) is 9.90 Å². The Morgan fingerprint density at radius 1 is 1.25 bits per heavy atom. The Kier molecular flexibility index (Phi) is 4.04. The van der Waals surface area contributed by atoms with Gasteiger partial charge in [-0.2, -0.15) is 0 Å². The predicted molar refractivity (Wildman–Crippen MR) is 78.8 cm³/mol. The smallest absolute Gasteiger partial charge is 0.323 e. The number of piperidine rings is 1. The highest BCUT2D eigenvalue weighted by atomic mass is 16.4. The summed E-state index contributed by atoms with van der Waals surface area (Å²) in [6.07, 6.45) is 9.75. The van der Waals surface area contributed by atoms with Crippen molar-refractivity contribution in [2.75, 3.05) is 13.1 Å². The van der Waals surface area contributed by atoms with Gasteiger partial charge in [0.1, 0.15) is 5.54 Å². The molecule has 3 aliphatic rings. The van der Waals surface area contributed by atoms with Crippen molar-refractivity contribution in [3.05, 3.63) is 0 Å². The summed E-state index contributed by atoms with van der Waals surface area (Å²) in [6, 6.07) is 1.18. The number of carboxylic acid groups (broad SMARTS) is 1. The molecule has 20 heavy (non-hydrogen) atoms. The Bertz CT molecular complexity index is 369. The normalized spacial score (nSPS) is 33.6. The Labute approximate surface area is 121 Å². The first-order valence-electron chi connectivity index (χ1n) is 8.34. The lowest BCUT2D eigenvalue weighted by Crippen LogP contribution is -2.53. The minimum absolute atomic E-state index is 0.441. The highest BCUT2D eigenvalue weighted by Crippen LogP contribution is 2.37. The molecule has 0 radical (unpaired) electrons. The summed E-state index contributed by atoms with van der Waals surface area (Å²) < 4.78 is 0. The summed E-state index contributed by atoms with van der Waals surface area (Å²) in [4.78, 5) is 14.2. The first-order valence-corrected chi connectivity index (χ1v) is 8.34. The lowest BCUT2D eigenvalue weighted by Gasteiger charge is -2.39. The zero-order chi connectivity index (χ0) is 14.2. The van der Waals surface area contributed by atoms with Crippen molar-refractivity contribution < 1.29 is 9.90 Å². The molecule has 0 aromatic heterocycles. The minimum Gasteiger partial charge on any atom is -0.480 e. The summed E-state index contributed by atoms with van der Waals surface area (Å²) in [5.74, 6) is 0.195. The van der Waals surface area contributed by atoms with Crippen LogP contribution in [0.15, 0.2) is 0 Å². The van der Waals surface area contributed by atoms with E-state index in [1.165, 1.54) is 38.6 Å². The van der Waals surface area contributed by atoms with E-state index in [0.717, 1.165) is 37.8 Å². The third-order valence-corrected chi connectivity index (χ3v) is 5.58. The highest BCUT2D eigenvalue weighted by molar-refractivity contribution is 5.78. The monoisotopic (exact) mass is 280 g/mol. The maximum atomic E-state index is 11.6. The zero-order valence-electron chi connectivity index (χ0n) is 12.6. The summed E-state index contributed by atoms with van der Waals surface area (Å²) in [6.45, 7) is 3.97. The number of aliphatic carboxylic acids is 1. The van der Waals surface area contributed by atoms with Gasteiger partial charge < -0.3 is 10.0 Å². The van der Waals surface area contributed by atoms with Gasteiger partial charge in [0.15, 0.2) is 0 Å². The van der Waals surface area contributed by atoms with Crippen LogP contribution in [0.4, 0.5) is 0 Å². The van der Waals surface area contributed by atoms with Crippen LogP contribution in [0.5, 0.6) is 0 Å². The van der Waals surface area contributed by atoms with Gasteiger partial charge in [-0.3, -0.25) is 10.1 Å². The second kappa shape index (κ2) is 5.64. The number of hydrogen-bond donors (Lipinski definition) is 2. The number of carboxylic acids is 1. The molecule has 0 aromatic carbocycles. The van der Waals surface area contributed by atoms with E-state index >= 15 is 0 Å². The predicted octanol–water partition coefficient (Wildman–Crippen LogP) is 2.24. The molecule has 1 heterocycles. The number of nitrogens with zero attached hydrogens (tertiary/aromatic N) is 1. The standard InChI is InChI=1S/C16H28N2O2/c1-16(15(19)20,17-13-7-8-13)9-11-18-10-3-5-12-4-2-6-14(12)18/h12-14,17H,2-11H2,1H3,(H,19,20). The number of hydrogen-bond acceptors (Lipinski definition) is 3. The molecule has 114 valence electrons. The van der Waals surface area contributed by atoms with Gasteiger partial charge in [-0.15, -0.1) is 0 Å². The summed E-state index contributed by atoms with van der Waals surface area (Å²) in [7, 11) is 0. The largest absolute Gasteiger partial charge is 0.480 e. The van der Waals surface area contributed by atoms with Gasteiger partial charge in [-0.05, 0) is 64.3 Å². The molecule has 1 saturated heterocycles. The van der Waals surface area contributed by atoms with E-state index in [1.807, 2.05) is 6.92 Å². The number of carbonyl (C=O) groups is 1. The van der Waals surface area contributed by atoms with E-state index in [1.54, 1.807) is 0 Å². The van der Waals surface area contributed by atoms with Gasteiger partial charge in [0, 0.05) is 18.6 Å². The summed E-state index contributed by atoms with van der Waals surface area (Å²) in [5, 5.41) is 12.9. The third kappa shape index (κ3) is 3.01. The molecule has 1 aliphatic heterocycles. The average molecular weight is 280 g/mol. The van der Waals surface area contributed by atoms with Crippen LogP contribution >= 0.6 is 0 Å². The highest BCUT2D eigenvalue weighted by Gasteiger charge is 2.40. The second-order valence-electron chi connectivity index (χ2n) is 7.24. The number of rotatable bonds is 6.